The Hall–Kier alpha value is -4.32. The second-order valence-corrected chi connectivity index (χ2v) is 10.5. The van der Waals surface area contributed by atoms with Crippen molar-refractivity contribution in [3.63, 3.8) is 0 Å². The molecule has 0 saturated carbocycles. The lowest BCUT2D eigenvalue weighted by molar-refractivity contribution is -0.122. The van der Waals surface area contributed by atoms with Crippen LogP contribution in [-0.2, 0) is 4.79 Å². The van der Waals surface area contributed by atoms with Gasteiger partial charge in [-0.2, -0.15) is 4.37 Å². The maximum Gasteiger partial charge on any atom is 0.273 e. The molecule has 3 rings (SSSR count). The van der Waals surface area contributed by atoms with Crippen molar-refractivity contribution in [3.8, 4) is 11.5 Å². The number of nitrogens with zero attached hydrogens (tertiary/aromatic N) is 3. The summed E-state index contributed by atoms with van der Waals surface area (Å²) in [6.07, 6.45) is 0.756. The minimum Gasteiger partial charge on any atom is -0.493 e. The molecule has 0 spiro atoms. The van der Waals surface area contributed by atoms with Gasteiger partial charge in [0.1, 0.15) is 10.9 Å². The minimum atomic E-state index is -1.10. The number of nitrogens with one attached hydrogen (secondary N) is 1. The van der Waals surface area contributed by atoms with Crippen LogP contribution in [0.4, 0.5) is 17.1 Å². The second-order valence-electron chi connectivity index (χ2n) is 9.71. The Kier molecular flexibility index (Phi) is 9.94. The number of hydrogen-bond acceptors (Lipinski definition) is 9. The molecule has 1 heterocycles. The number of methoxy groups -OCH3 is 2. The molecule has 1 unspecified atom stereocenters. The van der Waals surface area contributed by atoms with Crippen molar-refractivity contribution >= 4 is 46.3 Å². The number of carbonyl (C=O) groups is 3. The van der Waals surface area contributed by atoms with Gasteiger partial charge in [0.15, 0.2) is 17.2 Å². The summed E-state index contributed by atoms with van der Waals surface area (Å²) in [6.45, 7) is 4.54. The molecule has 214 valence electrons. The lowest BCUT2D eigenvalue weighted by atomic mass is 10.0. The Morgan fingerprint density at radius 1 is 1.00 bits per heavy atom. The molecule has 3 aromatic rings. The highest BCUT2D eigenvalue weighted by Crippen LogP contribution is 2.38. The first-order valence-corrected chi connectivity index (χ1v) is 13.4. The fourth-order valence-corrected chi connectivity index (χ4v) is 4.79. The number of amides is 3. The van der Waals surface area contributed by atoms with E-state index >= 15 is 0 Å². The summed E-state index contributed by atoms with van der Waals surface area (Å²) in [5.74, 6) is -0.705. The van der Waals surface area contributed by atoms with Crippen molar-refractivity contribution in [2.45, 2.75) is 26.3 Å². The van der Waals surface area contributed by atoms with Gasteiger partial charge in [0, 0.05) is 38.1 Å². The molecule has 11 nitrogen and oxygen atoms in total. The lowest BCUT2D eigenvalue weighted by Crippen LogP contribution is -2.44. The first-order valence-electron chi connectivity index (χ1n) is 12.7. The van der Waals surface area contributed by atoms with E-state index in [0.29, 0.717) is 35.2 Å². The number of ether oxygens (including phenoxy) is 2. The van der Waals surface area contributed by atoms with Crippen LogP contribution in [0.3, 0.4) is 0 Å². The van der Waals surface area contributed by atoms with E-state index in [0.717, 1.165) is 23.6 Å². The number of nitrogen functional groups attached to an aromatic ring is 1. The molecule has 3 amide bonds. The highest BCUT2D eigenvalue weighted by Gasteiger charge is 2.36. The zero-order chi connectivity index (χ0) is 29.6. The maximum atomic E-state index is 14.2. The Labute approximate surface area is 238 Å². The molecular formula is C28H36N6O5S. The van der Waals surface area contributed by atoms with Gasteiger partial charge in [-0.1, -0.05) is 26.0 Å². The van der Waals surface area contributed by atoms with Crippen LogP contribution in [0.2, 0.25) is 0 Å². The topological polar surface area (TPSA) is 153 Å². The van der Waals surface area contributed by atoms with Gasteiger partial charge in [0.05, 0.1) is 19.9 Å². The van der Waals surface area contributed by atoms with Gasteiger partial charge in [-0.05, 0) is 53.7 Å². The smallest absolute Gasteiger partial charge is 0.273 e. The number of aromatic nitrogens is 1. The largest absolute Gasteiger partial charge is 0.493 e. The van der Waals surface area contributed by atoms with E-state index in [1.165, 1.54) is 19.1 Å². The third kappa shape index (κ3) is 6.63. The summed E-state index contributed by atoms with van der Waals surface area (Å²) in [5.41, 5.74) is 13.0. The van der Waals surface area contributed by atoms with Crippen LogP contribution in [-0.4, -0.2) is 57.0 Å². The minimum absolute atomic E-state index is 0.0199. The zero-order valence-electron chi connectivity index (χ0n) is 23.6. The van der Waals surface area contributed by atoms with Crippen molar-refractivity contribution in [2.75, 3.05) is 50.4 Å². The molecule has 2 aromatic carbocycles. The van der Waals surface area contributed by atoms with E-state index < -0.39 is 17.9 Å². The van der Waals surface area contributed by atoms with E-state index in [-0.39, 0.29) is 22.2 Å². The van der Waals surface area contributed by atoms with E-state index in [2.05, 4.69) is 23.5 Å². The monoisotopic (exact) mass is 568 g/mol. The van der Waals surface area contributed by atoms with Crippen molar-refractivity contribution in [3.05, 3.63) is 58.6 Å². The zero-order valence-corrected chi connectivity index (χ0v) is 24.4. The van der Waals surface area contributed by atoms with Crippen LogP contribution in [0.5, 0.6) is 11.5 Å². The van der Waals surface area contributed by atoms with E-state index in [9.17, 15) is 14.4 Å². The summed E-state index contributed by atoms with van der Waals surface area (Å²) < 4.78 is 14.9. The summed E-state index contributed by atoms with van der Waals surface area (Å²) in [7, 11) is 6.80. The van der Waals surface area contributed by atoms with Crippen LogP contribution in [0, 0.1) is 5.92 Å². The highest BCUT2D eigenvalue weighted by atomic mass is 32.1. The lowest BCUT2D eigenvalue weighted by Gasteiger charge is -2.32. The summed E-state index contributed by atoms with van der Waals surface area (Å²) in [6, 6.07) is 11.1. The van der Waals surface area contributed by atoms with E-state index in [4.69, 9.17) is 20.9 Å². The molecular weight excluding hydrogens is 532 g/mol. The van der Waals surface area contributed by atoms with Crippen molar-refractivity contribution in [1.29, 1.82) is 0 Å². The summed E-state index contributed by atoms with van der Waals surface area (Å²) >= 11 is 0.744. The molecule has 40 heavy (non-hydrogen) atoms. The standard InChI is InChI=1S/C28H36N6O5S/c1-16(2)13-14-31-27(36)24(17-7-9-18(10-8-17)33(3)4)34(19-11-12-20(38-5)21(15-19)39-6)28(37)25-22(29)23(26(30)35)32-40-25/h7-12,15-16,24H,13-14,29H2,1-6H3,(H2,30,35)(H,31,36). The number of nitrogens with two attached hydrogens (primary N) is 2. The SMILES string of the molecule is COc1ccc(N(C(=O)c2snc(C(N)=O)c2N)C(C(=O)NCCC(C)C)c2ccc(N(C)C)cc2)cc1OC. The fraction of sp³-hybridized carbons (Fsp3) is 0.357. The number of hydrogen-bond donors (Lipinski definition) is 3. The maximum absolute atomic E-state index is 14.2. The normalized spacial score (nSPS) is 11.6. The summed E-state index contributed by atoms with van der Waals surface area (Å²) in [5, 5.41) is 2.98. The van der Waals surface area contributed by atoms with Gasteiger partial charge in [0.25, 0.3) is 11.8 Å². The molecule has 1 aromatic heterocycles. The third-order valence-corrected chi connectivity index (χ3v) is 7.12. The highest BCUT2D eigenvalue weighted by molar-refractivity contribution is 7.09. The molecule has 0 radical (unpaired) electrons. The van der Waals surface area contributed by atoms with Gasteiger partial charge in [-0.15, -0.1) is 0 Å². The number of anilines is 3. The quantitative estimate of drug-likeness (QED) is 0.300. The molecule has 5 N–H and O–H groups in total. The first-order chi connectivity index (χ1) is 19.0. The number of carbonyl (C=O) groups excluding carboxylic acids is 3. The average Bonchev–Trinajstić information content (AvgIpc) is 3.32. The van der Waals surface area contributed by atoms with Gasteiger partial charge >= 0.3 is 0 Å². The van der Waals surface area contributed by atoms with E-state index in [1.807, 2.05) is 31.1 Å². The van der Waals surface area contributed by atoms with Gasteiger partial charge in [-0.25, -0.2) is 0 Å². The molecule has 0 saturated heterocycles. The van der Waals surface area contributed by atoms with Crippen LogP contribution in [0.1, 0.15) is 52.0 Å². The van der Waals surface area contributed by atoms with Crippen LogP contribution in [0.15, 0.2) is 42.5 Å². The van der Waals surface area contributed by atoms with Crippen molar-refractivity contribution in [2.24, 2.45) is 11.7 Å². The van der Waals surface area contributed by atoms with Crippen molar-refractivity contribution < 1.29 is 23.9 Å². The first kappa shape index (κ1) is 30.2. The molecule has 0 aliphatic carbocycles. The molecule has 1 atom stereocenters. The number of primary amides is 1. The number of rotatable bonds is 12. The Bertz CT molecular complexity index is 1360. The fourth-order valence-electron chi connectivity index (χ4n) is 4.05. The van der Waals surface area contributed by atoms with Crippen LogP contribution < -0.4 is 36.1 Å². The molecule has 12 heteroatoms. The van der Waals surface area contributed by atoms with Gasteiger partial charge in [0.2, 0.25) is 5.91 Å². The summed E-state index contributed by atoms with van der Waals surface area (Å²) in [4.78, 5) is 43.2. The molecule has 0 bridgehead atoms. The van der Waals surface area contributed by atoms with Crippen LogP contribution in [0.25, 0.3) is 0 Å². The molecule has 0 aliphatic heterocycles. The molecule has 0 fully saturated rings. The van der Waals surface area contributed by atoms with Gasteiger partial charge < -0.3 is 31.2 Å². The Morgan fingerprint density at radius 3 is 2.15 bits per heavy atom. The molecule has 0 aliphatic rings. The predicted octanol–water partition coefficient (Wildman–Crippen LogP) is 3.46. The average molecular weight is 569 g/mol. The predicted molar refractivity (Wildman–Crippen MR) is 157 cm³/mol. The van der Waals surface area contributed by atoms with E-state index in [1.54, 1.807) is 30.3 Å². The Balaban J connectivity index is 2.23. The van der Waals surface area contributed by atoms with Crippen molar-refractivity contribution in [1.82, 2.24) is 9.69 Å². The number of benzene rings is 2. The third-order valence-electron chi connectivity index (χ3n) is 6.27. The second kappa shape index (κ2) is 13.2. The Morgan fingerprint density at radius 2 is 1.62 bits per heavy atom. The van der Waals surface area contributed by atoms with Crippen LogP contribution >= 0.6 is 11.5 Å². The van der Waals surface area contributed by atoms with Gasteiger partial charge in [-0.3, -0.25) is 19.3 Å².